The third-order valence-electron chi connectivity index (χ3n) is 6.90. The highest BCUT2D eigenvalue weighted by molar-refractivity contribution is 5.88. The molecule has 2 bridgehead atoms. The maximum Gasteiger partial charge on any atom is 0.244 e. The van der Waals surface area contributed by atoms with Gasteiger partial charge in [-0.05, 0) is 60.9 Å². The van der Waals surface area contributed by atoms with E-state index in [4.69, 9.17) is 11.2 Å². The van der Waals surface area contributed by atoms with Crippen LogP contribution in [0.4, 0.5) is 4.39 Å². The molecule has 3 atom stereocenters. The van der Waals surface area contributed by atoms with Gasteiger partial charge in [-0.1, -0.05) is 13.0 Å². The topological polar surface area (TPSA) is 104 Å². The summed E-state index contributed by atoms with van der Waals surface area (Å²) in [5.41, 5.74) is 2.66. The van der Waals surface area contributed by atoms with E-state index in [-0.39, 0.29) is 31.7 Å². The highest BCUT2D eigenvalue weighted by Crippen LogP contribution is 2.20. The number of hydrogen-bond donors (Lipinski definition) is 3. The summed E-state index contributed by atoms with van der Waals surface area (Å²) in [7, 11) is 1.57. The average molecular weight is 539 g/mol. The molecule has 1 aliphatic heterocycles. The van der Waals surface area contributed by atoms with Crippen LogP contribution >= 0.6 is 0 Å². The zero-order valence-corrected chi connectivity index (χ0v) is 22.8. The number of aliphatic hydroxyl groups excluding tert-OH is 1. The Bertz CT molecular complexity index is 1150. The molecule has 0 saturated heterocycles. The fraction of sp³-hybridized carbons (Fsp3) is 0.500. The molecule has 1 aromatic heterocycles. The van der Waals surface area contributed by atoms with Crippen LogP contribution in [-0.4, -0.2) is 65.2 Å². The molecule has 3 N–H and O–H groups in total. The number of carbonyl (C=O) groups excluding carboxylic acids is 2. The van der Waals surface area contributed by atoms with Crippen LogP contribution < -0.4 is 15.4 Å². The highest BCUT2D eigenvalue weighted by Gasteiger charge is 2.30. The fourth-order valence-electron chi connectivity index (χ4n) is 4.59. The van der Waals surface area contributed by atoms with Gasteiger partial charge in [0.05, 0.1) is 18.8 Å². The number of fused-ring (bicyclic) bond motifs is 2. The second kappa shape index (κ2) is 15.2. The molecule has 0 saturated carbocycles. The van der Waals surface area contributed by atoms with E-state index >= 15 is 0 Å². The molecular weight excluding hydrogens is 499 g/mol. The molecule has 2 heterocycles. The maximum atomic E-state index is 14.4. The molecule has 0 fully saturated rings. The maximum absolute atomic E-state index is 14.4. The molecule has 1 aromatic carbocycles. The van der Waals surface area contributed by atoms with Crippen LogP contribution in [0, 0.1) is 18.2 Å². The smallest absolute Gasteiger partial charge is 0.244 e. The van der Waals surface area contributed by atoms with E-state index in [1.807, 2.05) is 12.3 Å². The number of benzene rings is 1. The number of nitrogens with one attached hydrogen (secondary N) is 2. The first-order chi connectivity index (χ1) is 18.8. The summed E-state index contributed by atoms with van der Waals surface area (Å²) >= 11 is 0. The van der Waals surface area contributed by atoms with Crippen molar-refractivity contribution in [2.75, 3.05) is 20.2 Å². The third-order valence-corrected chi connectivity index (χ3v) is 6.90. The number of nitrogens with zero attached hydrogens (tertiary/aromatic N) is 2. The number of aliphatic hydroxyl groups is 1. The van der Waals surface area contributed by atoms with Gasteiger partial charge < -0.3 is 25.4 Å². The zero-order chi connectivity index (χ0) is 28.2. The Hall–Kier alpha value is -3.48. The van der Waals surface area contributed by atoms with Gasteiger partial charge in [0, 0.05) is 51.4 Å². The number of aryl methyl sites for hydroxylation is 1. The Morgan fingerprint density at radius 1 is 1.23 bits per heavy atom. The van der Waals surface area contributed by atoms with Crippen molar-refractivity contribution in [2.24, 2.45) is 0 Å². The molecule has 3 unspecified atom stereocenters. The van der Waals surface area contributed by atoms with Crippen molar-refractivity contribution in [3.8, 4) is 18.1 Å². The Balaban J connectivity index is 1.82. The van der Waals surface area contributed by atoms with Crippen molar-refractivity contribution in [1.29, 1.82) is 0 Å². The minimum Gasteiger partial charge on any atom is -0.493 e. The summed E-state index contributed by atoms with van der Waals surface area (Å²) in [5.74, 6) is 1.78. The van der Waals surface area contributed by atoms with Gasteiger partial charge in [-0.2, -0.15) is 0 Å². The second-order valence-electron chi connectivity index (χ2n) is 9.96. The molecule has 0 spiro atoms. The van der Waals surface area contributed by atoms with E-state index in [0.29, 0.717) is 37.3 Å². The van der Waals surface area contributed by atoms with E-state index < -0.39 is 29.9 Å². The van der Waals surface area contributed by atoms with E-state index in [9.17, 15) is 19.1 Å². The Morgan fingerprint density at radius 2 is 2.03 bits per heavy atom. The largest absolute Gasteiger partial charge is 0.493 e. The van der Waals surface area contributed by atoms with E-state index in [1.165, 1.54) is 17.0 Å². The van der Waals surface area contributed by atoms with Crippen molar-refractivity contribution < 1.29 is 23.8 Å². The molecule has 8 nitrogen and oxygen atoms in total. The first kappa shape index (κ1) is 30.1. The lowest BCUT2D eigenvalue weighted by molar-refractivity contribution is -0.139. The summed E-state index contributed by atoms with van der Waals surface area (Å²) < 4.78 is 20.2. The van der Waals surface area contributed by atoms with Crippen molar-refractivity contribution >= 4 is 11.8 Å². The number of halogens is 1. The SMILES string of the molecule is C#CCC1C(=O)NC(C(O)CNCc2cncc(CC)c2)Cc2cc(F)cc(c2)OCCCCCC(=O)N1C. The van der Waals surface area contributed by atoms with Gasteiger partial charge in [-0.15, -0.1) is 12.3 Å². The van der Waals surface area contributed by atoms with Gasteiger partial charge in [0.15, 0.2) is 0 Å². The van der Waals surface area contributed by atoms with Gasteiger partial charge in [-0.25, -0.2) is 4.39 Å². The minimum atomic E-state index is -1.02. The first-order valence-corrected chi connectivity index (χ1v) is 13.5. The molecule has 210 valence electrons. The monoisotopic (exact) mass is 538 g/mol. The molecule has 39 heavy (non-hydrogen) atoms. The molecule has 2 aromatic rings. The predicted octanol–water partition coefficient (Wildman–Crippen LogP) is 2.76. The van der Waals surface area contributed by atoms with Crippen LogP contribution in [0.2, 0.25) is 0 Å². The fourth-order valence-corrected chi connectivity index (χ4v) is 4.59. The van der Waals surface area contributed by atoms with Crippen LogP contribution in [0.1, 0.15) is 55.7 Å². The van der Waals surface area contributed by atoms with Gasteiger partial charge in [0.2, 0.25) is 11.8 Å². The number of rotatable bonds is 7. The van der Waals surface area contributed by atoms with Crippen molar-refractivity contribution in [1.82, 2.24) is 20.5 Å². The van der Waals surface area contributed by atoms with E-state index in [0.717, 1.165) is 24.0 Å². The molecule has 3 rings (SSSR count). The van der Waals surface area contributed by atoms with E-state index in [1.54, 1.807) is 19.3 Å². The first-order valence-electron chi connectivity index (χ1n) is 13.5. The Labute approximate surface area is 230 Å². The number of amides is 2. The lowest BCUT2D eigenvalue weighted by Gasteiger charge is -2.30. The van der Waals surface area contributed by atoms with Gasteiger partial charge >= 0.3 is 0 Å². The lowest BCUT2D eigenvalue weighted by atomic mass is 9.99. The Kier molecular flexibility index (Phi) is 11.7. The molecule has 1 aliphatic rings. The predicted molar refractivity (Wildman–Crippen MR) is 147 cm³/mol. The summed E-state index contributed by atoms with van der Waals surface area (Å²) in [6.07, 6.45) is 11.5. The number of likely N-dealkylation sites (N-methyl/N-ethyl adjacent to an activating group) is 1. The number of aromatic nitrogens is 1. The molecule has 9 heteroatoms. The molecular formula is C30H39FN4O4. The standard InChI is InChI=1S/C30H39FN4O4/c1-4-9-27-30(38)34-26(28(36)20-33-19-23-12-21(5-2)17-32-18-23)15-22-13-24(31)16-25(14-22)39-11-8-6-7-10-29(37)35(27)3/h1,12-14,16-18,26-28,33,36H,5-11,15,19-20H2,2-3H3,(H,34,38). The summed E-state index contributed by atoms with van der Waals surface area (Å²) in [6.45, 7) is 3.09. The number of terminal acetylenes is 1. The van der Waals surface area contributed by atoms with Crippen LogP contribution in [0.5, 0.6) is 5.75 Å². The normalized spacial score (nSPS) is 20.0. The van der Waals surface area contributed by atoms with Crippen molar-refractivity contribution in [3.05, 3.63) is 59.2 Å². The Morgan fingerprint density at radius 3 is 2.79 bits per heavy atom. The van der Waals surface area contributed by atoms with Gasteiger partial charge in [0.25, 0.3) is 0 Å². The minimum absolute atomic E-state index is 0.0356. The molecule has 2 amide bonds. The van der Waals surface area contributed by atoms with Crippen molar-refractivity contribution in [3.63, 3.8) is 0 Å². The van der Waals surface area contributed by atoms with Crippen LogP contribution in [-0.2, 0) is 29.0 Å². The zero-order valence-electron chi connectivity index (χ0n) is 22.8. The lowest BCUT2D eigenvalue weighted by Crippen LogP contribution is -2.55. The highest BCUT2D eigenvalue weighted by atomic mass is 19.1. The average Bonchev–Trinajstić information content (AvgIpc) is 2.92. The second-order valence-corrected chi connectivity index (χ2v) is 9.96. The summed E-state index contributed by atoms with van der Waals surface area (Å²) in [4.78, 5) is 31.8. The molecule has 0 aliphatic carbocycles. The number of pyridine rings is 1. The number of carbonyl (C=O) groups is 2. The van der Waals surface area contributed by atoms with Crippen molar-refractivity contribution in [2.45, 2.75) is 76.6 Å². The van der Waals surface area contributed by atoms with Crippen LogP contribution in [0.25, 0.3) is 0 Å². The van der Waals surface area contributed by atoms with E-state index in [2.05, 4.69) is 28.5 Å². The summed E-state index contributed by atoms with van der Waals surface area (Å²) in [5, 5.41) is 17.3. The van der Waals surface area contributed by atoms with Gasteiger partial charge in [-0.3, -0.25) is 14.6 Å². The number of hydrogen-bond acceptors (Lipinski definition) is 6. The molecule has 0 radical (unpaired) electrons. The van der Waals surface area contributed by atoms with Gasteiger partial charge in [0.1, 0.15) is 17.6 Å². The summed E-state index contributed by atoms with van der Waals surface area (Å²) in [6, 6.07) is 4.80. The van der Waals surface area contributed by atoms with Crippen LogP contribution in [0.3, 0.4) is 0 Å². The number of ether oxygens (including phenoxy) is 1. The van der Waals surface area contributed by atoms with Crippen LogP contribution in [0.15, 0.2) is 36.7 Å². The third kappa shape index (κ3) is 9.34. The quantitative estimate of drug-likeness (QED) is 0.469.